The molecule has 2 rings (SSSR count). The summed E-state index contributed by atoms with van der Waals surface area (Å²) in [5, 5.41) is 13.6. The average molecular weight is 269 g/mol. The second-order valence-corrected chi connectivity index (χ2v) is 5.47. The first-order valence-corrected chi connectivity index (χ1v) is 6.54. The number of nitrogens with one attached hydrogen (secondary N) is 1. The van der Waals surface area contributed by atoms with E-state index in [1.807, 2.05) is 0 Å². The third kappa shape index (κ3) is 2.20. The smallest absolute Gasteiger partial charge is 0.329 e. The first kappa shape index (κ1) is 12.9. The second-order valence-electron chi connectivity index (χ2n) is 4.55. The van der Waals surface area contributed by atoms with Gasteiger partial charge in [0.15, 0.2) is 0 Å². The number of rotatable bonds is 5. The fraction of sp³-hybridized carbons (Fsp3) is 0.500. The van der Waals surface area contributed by atoms with Crippen molar-refractivity contribution in [3.05, 3.63) is 16.3 Å². The van der Waals surface area contributed by atoms with Crippen molar-refractivity contribution in [3.63, 3.8) is 0 Å². The number of carboxylic acid groups (broad SMARTS) is 1. The zero-order chi connectivity index (χ0) is 13.3. The summed E-state index contributed by atoms with van der Waals surface area (Å²) < 4.78 is 5.06. The van der Waals surface area contributed by atoms with E-state index in [4.69, 9.17) is 4.74 Å². The monoisotopic (exact) mass is 269 g/mol. The lowest BCUT2D eigenvalue weighted by Gasteiger charge is -2.25. The van der Waals surface area contributed by atoms with Crippen molar-refractivity contribution in [2.24, 2.45) is 5.92 Å². The molecule has 1 fully saturated rings. The van der Waals surface area contributed by atoms with Gasteiger partial charge in [0, 0.05) is 0 Å². The molecule has 1 aromatic heterocycles. The summed E-state index contributed by atoms with van der Waals surface area (Å²) >= 11 is 1.24. The number of amides is 1. The van der Waals surface area contributed by atoms with Crippen LogP contribution in [0.5, 0.6) is 5.75 Å². The Hall–Kier alpha value is -1.56. The molecule has 0 saturated heterocycles. The van der Waals surface area contributed by atoms with E-state index in [1.165, 1.54) is 18.4 Å². The molecule has 0 aromatic carbocycles. The number of methoxy groups -OCH3 is 1. The van der Waals surface area contributed by atoms with Gasteiger partial charge < -0.3 is 15.2 Å². The van der Waals surface area contributed by atoms with Gasteiger partial charge in [-0.3, -0.25) is 4.79 Å². The van der Waals surface area contributed by atoms with Crippen molar-refractivity contribution in [1.82, 2.24) is 5.32 Å². The molecule has 2 N–H and O–H groups in total. The minimum Gasteiger partial charge on any atom is -0.495 e. The van der Waals surface area contributed by atoms with Gasteiger partial charge >= 0.3 is 5.97 Å². The van der Waals surface area contributed by atoms with Crippen LogP contribution in [0.4, 0.5) is 0 Å². The summed E-state index contributed by atoms with van der Waals surface area (Å²) in [6.45, 7) is 1.56. The molecule has 1 heterocycles. The van der Waals surface area contributed by atoms with Crippen molar-refractivity contribution in [2.45, 2.75) is 25.3 Å². The molecule has 0 spiro atoms. The van der Waals surface area contributed by atoms with Gasteiger partial charge in [-0.05, 0) is 37.1 Å². The molecule has 1 saturated carbocycles. The lowest BCUT2D eigenvalue weighted by molar-refractivity contribution is -0.144. The highest BCUT2D eigenvalue weighted by Gasteiger charge is 2.48. The maximum absolute atomic E-state index is 12.1. The summed E-state index contributed by atoms with van der Waals surface area (Å²) in [6, 6.07) is 1.69. The maximum atomic E-state index is 12.1. The summed E-state index contributed by atoms with van der Waals surface area (Å²) in [5.41, 5.74) is -1.19. The number of ether oxygens (including phenoxy) is 1. The van der Waals surface area contributed by atoms with Gasteiger partial charge in [0.05, 0.1) is 7.11 Å². The Bertz CT molecular complexity index is 480. The second kappa shape index (κ2) is 4.61. The van der Waals surface area contributed by atoms with Crippen LogP contribution in [-0.2, 0) is 4.79 Å². The van der Waals surface area contributed by atoms with Crippen LogP contribution in [-0.4, -0.2) is 29.6 Å². The molecular formula is C12H15NO4S. The molecule has 1 aromatic rings. The van der Waals surface area contributed by atoms with Gasteiger partial charge in [-0.2, -0.15) is 0 Å². The molecule has 6 heteroatoms. The molecule has 1 aliphatic rings. The minimum atomic E-state index is -1.19. The quantitative estimate of drug-likeness (QED) is 0.853. The van der Waals surface area contributed by atoms with Crippen LogP contribution in [0.25, 0.3) is 0 Å². The molecule has 98 valence electrons. The first-order valence-electron chi connectivity index (χ1n) is 5.66. The zero-order valence-corrected chi connectivity index (χ0v) is 11.0. The third-order valence-electron chi connectivity index (χ3n) is 3.27. The van der Waals surface area contributed by atoms with E-state index in [9.17, 15) is 14.7 Å². The SMILES string of the molecule is COc1ccsc1C(=O)NC(C)(C(=O)O)C1CC1. The molecule has 1 atom stereocenters. The average Bonchev–Trinajstić information content (AvgIpc) is 3.07. The van der Waals surface area contributed by atoms with Gasteiger partial charge in [0.1, 0.15) is 16.2 Å². The number of carboxylic acids is 1. The largest absolute Gasteiger partial charge is 0.495 e. The molecular weight excluding hydrogens is 254 g/mol. The molecule has 0 bridgehead atoms. The molecule has 0 radical (unpaired) electrons. The topological polar surface area (TPSA) is 75.6 Å². The number of hydrogen-bond donors (Lipinski definition) is 2. The van der Waals surface area contributed by atoms with Gasteiger partial charge in [0.25, 0.3) is 5.91 Å². The van der Waals surface area contributed by atoms with E-state index in [0.29, 0.717) is 10.6 Å². The van der Waals surface area contributed by atoms with Crippen LogP contribution >= 0.6 is 11.3 Å². The van der Waals surface area contributed by atoms with Crippen molar-refractivity contribution < 1.29 is 19.4 Å². The standard InChI is InChI=1S/C12H15NO4S/c1-12(11(15)16,7-3-4-7)13-10(14)9-8(17-2)5-6-18-9/h5-7H,3-4H2,1-2H3,(H,13,14)(H,15,16). The van der Waals surface area contributed by atoms with Gasteiger partial charge in [0.2, 0.25) is 0 Å². The van der Waals surface area contributed by atoms with Crippen LogP contribution in [0, 0.1) is 5.92 Å². The van der Waals surface area contributed by atoms with Crippen LogP contribution in [0.3, 0.4) is 0 Å². The van der Waals surface area contributed by atoms with Crippen LogP contribution in [0.1, 0.15) is 29.4 Å². The predicted molar refractivity (Wildman–Crippen MR) is 67.1 cm³/mol. The van der Waals surface area contributed by atoms with Gasteiger partial charge in [-0.15, -0.1) is 11.3 Å². The van der Waals surface area contributed by atoms with Crippen LogP contribution in [0.15, 0.2) is 11.4 Å². The molecule has 18 heavy (non-hydrogen) atoms. The van der Waals surface area contributed by atoms with E-state index >= 15 is 0 Å². The Balaban J connectivity index is 2.17. The summed E-state index contributed by atoms with van der Waals surface area (Å²) in [6.07, 6.45) is 1.68. The van der Waals surface area contributed by atoms with Crippen molar-refractivity contribution in [1.29, 1.82) is 0 Å². The highest BCUT2D eigenvalue weighted by atomic mass is 32.1. The highest BCUT2D eigenvalue weighted by Crippen LogP contribution is 2.40. The molecule has 1 unspecified atom stereocenters. The first-order chi connectivity index (χ1) is 8.49. The van der Waals surface area contributed by atoms with Crippen molar-refractivity contribution in [2.75, 3.05) is 7.11 Å². The van der Waals surface area contributed by atoms with E-state index in [0.717, 1.165) is 12.8 Å². The number of thiophene rings is 1. The lowest BCUT2D eigenvalue weighted by Crippen LogP contribution is -2.53. The number of hydrogen-bond acceptors (Lipinski definition) is 4. The Labute approximate surface area is 109 Å². The summed E-state index contributed by atoms with van der Waals surface area (Å²) in [7, 11) is 1.48. The lowest BCUT2D eigenvalue weighted by atomic mass is 9.96. The summed E-state index contributed by atoms with van der Waals surface area (Å²) in [4.78, 5) is 23.8. The van der Waals surface area contributed by atoms with Crippen LogP contribution in [0.2, 0.25) is 0 Å². The van der Waals surface area contributed by atoms with E-state index < -0.39 is 17.4 Å². The fourth-order valence-corrected chi connectivity index (χ4v) is 2.66. The number of aliphatic carboxylic acids is 1. The minimum absolute atomic E-state index is 0.0184. The summed E-state index contributed by atoms with van der Waals surface area (Å²) in [5.74, 6) is -0.890. The predicted octanol–water partition coefficient (Wildman–Crippen LogP) is 1.74. The van der Waals surface area contributed by atoms with Gasteiger partial charge in [-0.25, -0.2) is 4.79 Å². The van der Waals surface area contributed by atoms with Crippen LogP contribution < -0.4 is 10.1 Å². The number of carbonyl (C=O) groups excluding carboxylic acids is 1. The molecule has 1 amide bonds. The molecule has 5 nitrogen and oxygen atoms in total. The molecule has 0 aliphatic heterocycles. The fourth-order valence-electron chi connectivity index (χ4n) is 1.91. The van der Waals surface area contributed by atoms with Crippen molar-refractivity contribution >= 4 is 23.2 Å². The molecule has 1 aliphatic carbocycles. The Kier molecular flexibility index (Phi) is 3.30. The maximum Gasteiger partial charge on any atom is 0.329 e. The van der Waals surface area contributed by atoms with E-state index in [2.05, 4.69) is 5.32 Å². The van der Waals surface area contributed by atoms with E-state index in [-0.39, 0.29) is 5.92 Å². The highest BCUT2D eigenvalue weighted by molar-refractivity contribution is 7.12. The number of carbonyl (C=O) groups is 2. The van der Waals surface area contributed by atoms with Crippen molar-refractivity contribution in [3.8, 4) is 5.75 Å². The zero-order valence-electron chi connectivity index (χ0n) is 10.2. The van der Waals surface area contributed by atoms with Gasteiger partial charge in [-0.1, -0.05) is 0 Å². The third-order valence-corrected chi connectivity index (χ3v) is 4.16. The Morgan fingerprint density at radius 1 is 1.56 bits per heavy atom. The van der Waals surface area contributed by atoms with E-state index in [1.54, 1.807) is 18.4 Å². The normalized spacial score (nSPS) is 17.9. The Morgan fingerprint density at radius 2 is 2.22 bits per heavy atom. The Morgan fingerprint density at radius 3 is 2.72 bits per heavy atom.